The van der Waals surface area contributed by atoms with Gasteiger partial charge in [0.15, 0.2) is 17.4 Å². The summed E-state index contributed by atoms with van der Waals surface area (Å²) in [5.74, 6) is -0.881. The minimum atomic E-state index is -1.33. The number of H-pyrrole nitrogens is 1. The van der Waals surface area contributed by atoms with Crippen molar-refractivity contribution >= 4 is 23.1 Å². The van der Waals surface area contributed by atoms with E-state index in [1.807, 2.05) is 0 Å². The molecule has 1 aliphatic rings. The molecule has 2 aromatic rings. The van der Waals surface area contributed by atoms with Gasteiger partial charge in [-0.3, -0.25) is 19.1 Å². The largest absolute Gasteiger partial charge is 0.463 e. The Kier molecular flexibility index (Phi) is 4.45. The van der Waals surface area contributed by atoms with Gasteiger partial charge < -0.3 is 25.4 Å². The number of fused-ring (bicyclic) bond motifs is 1. The Morgan fingerprint density at radius 3 is 2.88 bits per heavy atom. The monoisotopic (exact) mass is 353 g/mol. The Morgan fingerprint density at radius 1 is 1.48 bits per heavy atom. The van der Waals surface area contributed by atoms with E-state index in [0.717, 1.165) is 0 Å². The van der Waals surface area contributed by atoms with E-state index in [2.05, 4.69) is 15.0 Å². The number of nitrogens with two attached hydrogens (primary N) is 1. The van der Waals surface area contributed by atoms with E-state index in [4.69, 9.17) is 15.2 Å². The van der Waals surface area contributed by atoms with Crippen LogP contribution in [0.1, 0.15) is 20.1 Å². The molecule has 5 N–H and O–H groups in total. The number of esters is 1. The molecule has 1 aliphatic heterocycles. The van der Waals surface area contributed by atoms with E-state index in [1.165, 1.54) is 10.9 Å². The molecule has 1 saturated heterocycles. The smallest absolute Gasteiger partial charge is 0.308 e. The number of nitrogens with one attached hydrogen (secondary N) is 1. The third-order valence-electron chi connectivity index (χ3n) is 3.92. The number of hydrogen-bond donors (Lipinski definition) is 4. The fraction of sp³-hybridized carbons (Fsp3) is 0.571. The van der Waals surface area contributed by atoms with Crippen LogP contribution in [0.25, 0.3) is 11.2 Å². The van der Waals surface area contributed by atoms with E-state index < -0.39 is 36.1 Å². The summed E-state index contributed by atoms with van der Waals surface area (Å²) in [4.78, 5) is 33.6. The van der Waals surface area contributed by atoms with Gasteiger partial charge in [-0.2, -0.15) is 4.98 Å². The Morgan fingerprint density at radius 2 is 2.20 bits per heavy atom. The number of hydrogen-bond acceptors (Lipinski definition) is 9. The molecule has 4 atom stereocenters. The second-order valence-electron chi connectivity index (χ2n) is 6.11. The number of rotatable bonds is 4. The van der Waals surface area contributed by atoms with E-state index in [1.54, 1.807) is 13.8 Å². The lowest BCUT2D eigenvalue weighted by Crippen LogP contribution is -2.34. The first-order chi connectivity index (χ1) is 11.8. The molecule has 0 bridgehead atoms. The minimum absolute atomic E-state index is 0.0224. The predicted octanol–water partition coefficient (Wildman–Crippen LogP) is -1.48. The van der Waals surface area contributed by atoms with Gasteiger partial charge in [0.1, 0.15) is 24.9 Å². The van der Waals surface area contributed by atoms with Crippen molar-refractivity contribution in [3.8, 4) is 0 Å². The van der Waals surface area contributed by atoms with Gasteiger partial charge in [-0.1, -0.05) is 13.8 Å². The zero-order valence-electron chi connectivity index (χ0n) is 13.6. The minimum Gasteiger partial charge on any atom is -0.463 e. The van der Waals surface area contributed by atoms with Crippen molar-refractivity contribution in [3.63, 3.8) is 0 Å². The van der Waals surface area contributed by atoms with Crippen molar-refractivity contribution in [2.45, 2.75) is 38.4 Å². The quantitative estimate of drug-likeness (QED) is 0.479. The number of ether oxygens (including phenoxy) is 2. The zero-order chi connectivity index (χ0) is 18.3. The van der Waals surface area contributed by atoms with Crippen LogP contribution in [0, 0.1) is 5.92 Å². The number of anilines is 1. The maximum absolute atomic E-state index is 11.8. The summed E-state index contributed by atoms with van der Waals surface area (Å²) in [6.45, 7) is 3.14. The summed E-state index contributed by atoms with van der Waals surface area (Å²) in [7, 11) is 0. The van der Waals surface area contributed by atoms with Crippen LogP contribution in [0.15, 0.2) is 11.1 Å². The van der Waals surface area contributed by atoms with Crippen LogP contribution in [-0.4, -0.2) is 60.6 Å². The van der Waals surface area contributed by atoms with Gasteiger partial charge >= 0.3 is 5.97 Å². The van der Waals surface area contributed by atoms with Crippen LogP contribution in [0.4, 0.5) is 5.95 Å². The van der Waals surface area contributed by atoms with Gasteiger partial charge in [0.05, 0.1) is 12.2 Å². The first-order valence-electron chi connectivity index (χ1n) is 7.70. The lowest BCUT2D eigenvalue weighted by molar-refractivity contribution is -0.153. The highest BCUT2D eigenvalue weighted by molar-refractivity contribution is 5.71. The van der Waals surface area contributed by atoms with Crippen LogP contribution in [0.3, 0.4) is 0 Å². The molecule has 3 heterocycles. The highest BCUT2D eigenvalue weighted by Crippen LogP contribution is 2.31. The van der Waals surface area contributed by atoms with E-state index >= 15 is 0 Å². The molecular formula is C14H19N5O6. The molecular weight excluding hydrogens is 334 g/mol. The molecule has 0 unspecified atom stereocenters. The number of imidazole rings is 1. The van der Waals surface area contributed by atoms with Gasteiger partial charge in [0.25, 0.3) is 5.56 Å². The van der Waals surface area contributed by atoms with Crippen molar-refractivity contribution in [2.24, 2.45) is 5.92 Å². The Balaban J connectivity index is 1.84. The number of aromatic amines is 1. The predicted molar refractivity (Wildman–Crippen MR) is 84.3 cm³/mol. The normalized spacial score (nSPS) is 26.4. The summed E-state index contributed by atoms with van der Waals surface area (Å²) in [6.07, 6.45) is -3.35. The molecule has 0 saturated carbocycles. The molecule has 1 fully saturated rings. The Labute approximate surface area is 141 Å². The average molecular weight is 353 g/mol. The molecule has 0 radical (unpaired) electrons. The van der Waals surface area contributed by atoms with Gasteiger partial charge in [-0.15, -0.1) is 0 Å². The van der Waals surface area contributed by atoms with Crippen LogP contribution >= 0.6 is 0 Å². The Bertz CT molecular complexity index is 846. The Hall–Kier alpha value is -2.50. The second kappa shape index (κ2) is 6.43. The fourth-order valence-electron chi connectivity index (χ4n) is 2.56. The molecule has 0 aromatic carbocycles. The molecule has 25 heavy (non-hydrogen) atoms. The van der Waals surface area contributed by atoms with E-state index in [-0.39, 0.29) is 29.6 Å². The molecule has 2 aromatic heterocycles. The number of aliphatic hydroxyl groups excluding tert-OH is 2. The van der Waals surface area contributed by atoms with Crippen LogP contribution in [0.5, 0.6) is 0 Å². The topological polar surface area (TPSA) is 166 Å². The molecule has 11 heteroatoms. The molecule has 136 valence electrons. The molecule has 0 amide bonds. The third kappa shape index (κ3) is 3.08. The first kappa shape index (κ1) is 17.3. The number of carbonyl (C=O) groups excluding carboxylic acids is 1. The van der Waals surface area contributed by atoms with Gasteiger partial charge in [0, 0.05) is 0 Å². The summed E-state index contributed by atoms with van der Waals surface area (Å²) in [5, 5.41) is 20.4. The lowest BCUT2D eigenvalue weighted by Gasteiger charge is -2.16. The SMILES string of the molecule is CC(C)C(=O)OC[C@H]1O[C@@H](n2cnc3c(=O)[nH]c(N)nc32)[C@H](O)[C@@H]1O. The summed E-state index contributed by atoms with van der Waals surface area (Å²) in [5.41, 5.74) is 5.13. The van der Waals surface area contributed by atoms with Crippen LogP contribution in [0.2, 0.25) is 0 Å². The number of carbonyl (C=O) groups is 1. The van der Waals surface area contributed by atoms with Gasteiger partial charge in [0.2, 0.25) is 5.95 Å². The maximum Gasteiger partial charge on any atom is 0.308 e. The van der Waals surface area contributed by atoms with Crippen LogP contribution < -0.4 is 11.3 Å². The number of nitrogens with zero attached hydrogens (tertiary/aromatic N) is 3. The first-order valence-corrected chi connectivity index (χ1v) is 7.70. The number of aromatic nitrogens is 4. The molecule has 11 nitrogen and oxygen atoms in total. The highest BCUT2D eigenvalue weighted by Gasteiger charge is 2.45. The zero-order valence-corrected chi connectivity index (χ0v) is 13.6. The van der Waals surface area contributed by atoms with Crippen LogP contribution in [-0.2, 0) is 14.3 Å². The summed E-state index contributed by atoms with van der Waals surface area (Å²) >= 11 is 0. The van der Waals surface area contributed by atoms with Crippen molar-refractivity contribution in [3.05, 3.63) is 16.7 Å². The van der Waals surface area contributed by atoms with Gasteiger partial charge in [-0.05, 0) is 0 Å². The second-order valence-corrected chi connectivity index (χ2v) is 6.11. The molecule has 3 rings (SSSR count). The third-order valence-corrected chi connectivity index (χ3v) is 3.92. The summed E-state index contributed by atoms with van der Waals surface area (Å²) in [6, 6.07) is 0. The van der Waals surface area contributed by atoms with E-state index in [9.17, 15) is 19.8 Å². The lowest BCUT2D eigenvalue weighted by atomic mass is 10.1. The fourth-order valence-corrected chi connectivity index (χ4v) is 2.56. The van der Waals surface area contributed by atoms with Crippen molar-refractivity contribution in [2.75, 3.05) is 12.3 Å². The summed E-state index contributed by atoms with van der Waals surface area (Å²) < 4.78 is 12.0. The van der Waals surface area contributed by atoms with Gasteiger partial charge in [-0.25, -0.2) is 4.98 Å². The highest BCUT2D eigenvalue weighted by atomic mass is 16.6. The molecule has 0 aliphatic carbocycles. The number of aliphatic hydroxyl groups is 2. The van der Waals surface area contributed by atoms with Crippen molar-refractivity contribution in [1.29, 1.82) is 0 Å². The molecule has 0 spiro atoms. The average Bonchev–Trinajstić information content (AvgIpc) is 3.08. The number of nitrogen functional groups attached to an aromatic ring is 1. The maximum atomic E-state index is 11.8. The van der Waals surface area contributed by atoms with Crippen molar-refractivity contribution in [1.82, 2.24) is 19.5 Å². The van der Waals surface area contributed by atoms with Crippen molar-refractivity contribution < 1.29 is 24.5 Å². The standard InChI is InChI=1S/C14H19N5O6/c1-5(2)13(23)24-3-6-8(20)9(21)12(25-6)19-4-16-7-10(19)17-14(15)18-11(7)22/h4-6,8-9,12,20-21H,3H2,1-2H3,(H3,15,17,18,22)/t6-,8-,9-,12-/m1/s1. The van der Waals surface area contributed by atoms with E-state index in [0.29, 0.717) is 0 Å².